The predicted octanol–water partition coefficient (Wildman–Crippen LogP) is 3.21. The summed E-state index contributed by atoms with van der Waals surface area (Å²) in [6, 6.07) is 8.22. The summed E-state index contributed by atoms with van der Waals surface area (Å²) in [6.07, 6.45) is 6.53. The molecule has 3 rings (SSSR count). The molecule has 1 aliphatic rings. The summed E-state index contributed by atoms with van der Waals surface area (Å²) in [6.45, 7) is 2.00. The van der Waals surface area contributed by atoms with Gasteiger partial charge in [-0.2, -0.15) is 0 Å². The minimum atomic E-state index is 1.01. The second kappa shape index (κ2) is 4.13. The van der Waals surface area contributed by atoms with Crippen LogP contribution in [0.3, 0.4) is 0 Å². The van der Waals surface area contributed by atoms with Crippen LogP contribution < -0.4 is 0 Å². The van der Waals surface area contributed by atoms with E-state index in [0.717, 1.165) is 24.2 Å². The largest absolute Gasteiger partial charge is 0.460 e. The van der Waals surface area contributed by atoms with Crippen molar-refractivity contribution in [2.75, 3.05) is 0 Å². The first kappa shape index (κ1) is 9.71. The smallest absolute Gasteiger partial charge is 0.134 e. The number of furan rings is 1. The lowest BCUT2D eigenvalue weighted by Crippen LogP contribution is -1.87. The Morgan fingerprint density at radius 2 is 2.00 bits per heavy atom. The van der Waals surface area contributed by atoms with Crippen molar-refractivity contribution in [1.29, 1.82) is 0 Å². The molecular formula is C13H12O2. The SMILES string of the molecule is C1=Cc2c(oc3ccccc23)CC1.C=O. The van der Waals surface area contributed by atoms with Gasteiger partial charge in [0.25, 0.3) is 0 Å². The molecule has 1 aliphatic carbocycles. The molecule has 0 aliphatic heterocycles. The zero-order valence-electron chi connectivity index (χ0n) is 8.40. The Morgan fingerprint density at radius 1 is 1.20 bits per heavy atom. The van der Waals surface area contributed by atoms with E-state index in [1.165, 1.54) is 10.9 Å². The van der Waals surface area contributed by atoms with Crippen LogP contribution >= 0.6 is 0 Å². The molecule has 0 radical (unpaired) electrons. The number of aryl methyl sites for hydroxylation is 1. The number of rotatable bonds is 0. The molecule has 2 heteroatoms. The highest BCUT2D eigenvalue weighted by Gasteiger charge is 2.12. The van der Waals surface area contributed by atoms with Crippen molar-refractivity contribution < 1.29 is 9.21 Å². The maximum absolute atomic E-state index is 8.00. The van der Waals surface area contributed by atoms with Crippen LogP contribution in [-0.4, -0.2) is 6.79 Å². The second-order valence-corrected chi connectivity index (χ2v) is 3.38. The number of carbonyl (C=O) groups excluding carboxylic acids is 1. The van der Waals surface area contributed by atoms with Crippen LogP contribution in [0, 0.1) is 0 Å². The Morgan fingerprint density at radius 3 is 2.87 bits per heavy atom. The standard InChI is InChI=1S/C12H10O.CH2O/c1-3-7-11-9(5-1)10-6-2-4-8-12(10)13-11;1-2/h1-3,5-7H,4,8H2;1H2. The van der Waals surface area contributed by atoms with Crippen LogP contribution in [0.15, 0.2) is 34.8 Å². The van der Waals surface area contributed by atoms with Crippen LogP contribution in [0.25, 0.3) is 17.0 Å². The molecule has 2 aromatic rings. The molecule has 0 N–H and O–H groups in total. The van der Waals surface area contributed by atoms with E-state index >= 15 is 0 Å². The van der Waals surface area contributed by atoms with E-state index in [-0.39, 0.29) is 0 Å². The van der Waals surface area contributed by atoms with Gasteiger partial charge in [-0.3, -0.25) is 0 Å². The van der Waals surface area contributed by atoms with Crippen molar-refractivity contribution in [2.45, 2.75) is 12.8 Å². The molecule has 0 fully saturated rings. The summed E-state index contributed by atoms with van der Waals surface area (Å²) in [5, 5.41) is 1.24. The van der Waals surface area contributed by atoms with E-state index in [0.29, 0.717) is 0 Å². The van der Waals surface area contributed by atoms with Gasteiger partial charge in [0.2, 0.25) is 0 Å². The van der Waals surface area contributed by atoms with Crippen LogP contribution in [0.5, 0.6) is 0 Å². The lowest BCUT2D eigenvalue weighted by Gasteiger charge is -2.00. The van der Waals surface area contributed by atoms with Gasteiger partial charge in [-0.1, -0.05) is 30.4 Å². The fourth-order valence-corrected chi connectivity index (χ4v) is 1.90. The molecule has 1 aromatic carbocycles. The highest BCUT2D eigenvalue weighted by atomic mass is 16.3. The van der Waals surface area contributed by atoms with Gasteiger partial charge in [0, 0.05) is 17.4 Å². The maximum Gasteiger partial charge on any atom is 0.134 e. The minimum Gasteiger partial charge on any atom is -0.460 e. The van der Waals surface area contributed by atoms with Gasteiger partial charge in [-0.25, -0.2) is 0 Å². The Balaban J connectivity index is 0.000000404. The normalized spacial score (nSPS) is 13.1. The average Bonchev–Trinajstić information content (AvgIpc) is 2.70. The summed E-state index contributed by atoms with van der Waals surface area (Å²) in [5.74, 6) is 1.14. The zero-order chi connectivity index (χ0) is 10.7. The topological polar surface area (TPSA) is 30.2 Å². The molecule has 1 heterocycles. The summed E-state index contributed by atoms with van der Waals surface area (Å²) in [5.41, 5.74) is 2.29. The highest BCUT2D eigenvalue weighted by Crippen LogP contribution is 2.30. The Bertz CT molecular complexity index is 494. The molecule has 0 saturated carbocycles. The number of carbonyl (C=O) groups is 1. The Labute approximate surface area is 88.2 Å². The first-order chi connectivity index (χ1) is 7.45. The predicted molar refractivity (Wildman–Crippen MR) is 60.7 cm³/mol. The molecule has 1 aromatic heterocycles. The number of para-hydroxylation sites is 1. The van der Waals surface area contributed by atoms with Gasteiger partial charge in [0.15, 0.2) is 0 Å². The number of fused-ring (bicyclic) bond motifs is 3. The van der Waals surface area contributed by atoms with Gasteiger partial charge in [0.1, 0.15) is 18.1 Å². The number of benzene rings is 1. The van der Waals surface area contributed by atoms with Crippen molar-refractivity contribution in [3.05, 3.63) is 41.7 Å². The average molecular weight is 200 g/mol. The molecule has 2 nitrogen and oxygen atoms in total. The van der Waals surface area contributed by atoms with E-state index < -0.39 is 0 Å². The summed E-state index contributed by atoms with van der Waals surface area (Å²) < 4.78 is 5.74. The van der Waals surface area contributed by atoms with Gasteiger partial charge >= 0.3 is 0 Å². The quantitative estimate of drug-likeness (QED) is 0.653. The zero-order valence-corrected chi connectivity index (χ0v) is 8.40. The van der Waals surface area contributed by atoms with E-state index in [4.69, 9.17) is 9.21 Å². The van der Waals surface area contributed by atoms with Crippen LogP contribution in [-0.2, 0) is 11.2 Å². The Hall–Kier alpha value is -1.83. The number of hydrogen-bond acceptors (Lipinski definition) is 2. The molecular weight excluding hydrogens is 188 g/mol. The lowest BCUT2D eigenvalue weighted by atomic mass is 10.0. The monoisotopic (exact) mass is 200 g/mol. The minimum absolute atomic E-state index is 1.01. The van der Waals surface area contributed by atoms with Crippen molar-refractivity contribution >= 4 is 23.8 Å². The van der Waals surface area contributed by atoms with Crippen molar-refractivity contribution in [2.24, 2.45) is 0 Å². The molecule has 0 saturated heterocycles. The van der Waals surface area contributed by atoms with E-state index in [1.54, 1.807) is 0 Å². The first-order valence-electron chi connectivity index (χ1n) is 4.91. The second-order valence-electron chi connectivity index (χ2n) is 3.38. The van der Waals surface area contributed by atoms with Crippen LogP contribution in [0.2, 0.25) is 0 Å². The molecule has 0 unspecified atom stereocenters. The van der Waals surface area contributed by atoms with E-state index in [2.05, 4.69) is 24.3 Å². The highest BCUT2D eigenvalue weighted by molar-refractivity contribution is 5.88. The maximum atomic E-state index is 8.00. The molecule has 0 atom stereocenters. The third-order valence-corrected chi connectivity index (χ3v) is 2.53. The van der Waals surface area contributed by atoms with E-state index in [1.807, 2.05) is 18.9 Å². The summed E-state index contributed by atoms with van der Waals surface area (Å²) >= 11 is 0. The molecule has 0 amide bonds. The third-order valence-electron chi connectivity index (χ3n) is 2.53. The number of hydrogen-bond donors (Lipinski definition) is 0. The van der Waals surface area contributed by atoms with Crippen molar-refractivity contribution in [1.82, 2.24) is 0 Å². The van der Waals surface area contributed by atoms with Crippen molar-refractivity contribution in [3.8, 4) is 0 Å². The first-order valence-corrected chi connectivity index (χ1v) is 4.91. The molecule has 15 heavy (non-hydrogen) atoms. The fraction of sp³-hybridized carbons (Fsp3) is 0.154. The van der Waals surface area contributed by atoms with Gasteiger partial charge < -0.3 is 9.21 Å². The fourth-order valence-electron chi connectivity index (χ4n) is 1.90. The molecule has 76 valence electrons. The van der Waals surface area contributed by atoms with Crippen molar-refractivity contribution in [3.63, 3.8) is 0 Å². The van der Waals surface area contributed by atoms with Crippen LogP contribution in [0.1, 0.15) is 17.7 Å². The van der Waals surface area contributed by atoms with Gasteiger partial charge in [-0.15, -0.1) is 0 Å². The van der Waals surface area contributed by atoms with Gasteiger partial charge in [-0.05, 0) is 12.5 Å². The van der Waals surface area contributed by atoms with Gasteiger partial charge in [0.05, 0.1) is 0 Å². The lowest BCUT2D eigenvalue weighted by molar-refractivity contribution is -0.0979. The third kappa shape index (κ3) is 1.59. The summed E-state index contributed by atoms with van der Waals surface area (Å²) in [7, 11) is 0. The summed E-state index contributed by atoms with van der Waals surface area (Å²) in [4.78, 5) is 8.00. The van der Waals surface area contributed by atoms with E-state index in [9.17, 15) is 0 Å². The Kier molecular flexibility index (Phi) is 2.68. The number of allylic oxidation sites excluding steroid dienone is 1. The van der Waals surface area contributed by atoms with Crippen LogP contribution in [0.4, 0.5) is 0 Å². The molecule has 0 spiro atoms. The molecule has 0 bridgehead atoms.